The number of likely N-dealkylation sites (tertiary alicyclic amines) is 1. The molecule has 1 aromatic rings. The van der Waals surface area contributed by atoms with Crippen molar-refractivity contribution in [3.63, 3.8) is 0 Å². The van der Waals surface area contributed by atoms with Crippen molar-refractivity contribution in [2.45, 2.75) is 32.7 Å². The average molecular weight is 329 g/mol. The van der Waals surface area contributed by atoms with E-state index in [1.54, 1.807) is 0 Å². The number of hydrogen-bond donors (Lipinski definition) is 0. The second-order valence-electron chi connectivity index (χ2n) is 7.04. The van der Waals surface area contributed by atoms with Crippen LogP contribution in [0.4, 0.5) is 5.69 Å². The maximum atomic E-state index is 12.8. The molecule has 2 heterocycles. The molecule has 2 saturated heterocycles. The second-order valence-corrected chi connectivity index (χ2v) is 7.04. The second kappa shape index (κ2) is 7.24. The van der Waals surface area contributed by atoms with Gasteiger partial charge in [-0.25, -0.2) is 0 Å². The summed E-state index contributed by atoms with van der Waals surface area (Å²) in [4.78, 5) is 31.0. The van der Waals surface area contributed by atoms with Crippen molar-refractivity contribution >= 4 is 17.5 Å². The highest BCUT2D eigenvalue weighted by molar-refractivity contribution is 5.89. The van der Waals surface area contributed by atoms with Gasteiger partial charge >= 0.3 is 0 Å². The van der Waals surface area contributed by atoms with Gasteiger partial charge in [0, 0.05) is 50.9 Å². The van der Waals surface area contributed by atoms with Gasteiger partial charge in [0.1, 0.15) is 0 Å². The fourth-order valence-corrected chi connectivity index (χ4v) is 3.69. The van der Waals surface area contributed by atoms with Gasteiger partial charge in [-0.1, -0.05) is 18.2 Å². The van der Waals surface area contributed by atoms with E-state index in [9.17, 15) is 9.59 Å². The van der Waals surface area contributed by atoms with E-state index in [-0.39, 0.29) is 23.8 Å². The summed E-state index contributed by atoms with van der Waals surface area (Å²) in [6.07, 6.45) is 1.34. The van der Waals surface area contributed by atoms with Crippen LogP contribution in [0.2, 0.25) is 0 Å². The van der Waals surface area contributed by atoms with Crippen LogP contribution in [0.1, 0.15) is 26.7 Å². The maximum Gasteiger partial charge on any atom is 0.228 e. The molecule has 3 rings (SSSR count). The number of anilines is 1. The smallest absolute Gasteiger partial charge is 0.228 e. The minimum atomic E-state index is -0.164. The van der Waals surface area contributed by atoms with Gasteiger partial charge in [-0.2, -0.15) is 0 Å². The lowest BCUT2D eigenvalue weighted by atomic mass is 10.1. The number of para-hydroxylation sites is 1. The van der Waals surface area contributed by atoms with Gasteiger partial charge in [-0.15, -0.1) is 0 Å². The Kier molecular flexibility index (Phi) is 5.07. The lowest BCUT2D eigenvalue weighted by Gasteiger charge is -2.26. The molecule has 1 aromatic carbocycles. The molecule has 2 aliphatic heterocycles. The summed E-state index contributed by atoms with van der Waals surface area (Å²) in [7, 11) is 0. The first kappa shape index (κ1) is 16.8. The molecule has 1 atom stereocenters. The van der Waals surface area contributed by atoms with E-state index < -0.39 is 0 Å². The lowest BCUT2D eigenvalue weighted by molar-refractivity contribution is -0.135. The number of hydrogen-bond acceptors (Lipinski definition) is 3. The van der Waals surface area contributed by atoms with Crippen molar-refractivity contribution in [2.24, 2.45) is 5.92 Å². The Morgan fingerprint density at radius 2 is 1.83 bits per heavy atom. The Labute approximate surface area is 144 Å². The number of benzene rings is 1. The molecule has 0 spiro atoms. The summed E-state index contributed by atoms with van der Waals surface area (Å²) in [5.41, 5.74) is 1.22. The van der Waals surface area contributed by atoms with E-state index in [2.05, 4.69) is 17.0 Å². The number of carbonyl (C=O) groups is 2. The van der Waals surface area contributed by atoms with Crippen LogP contribution < -0.4 is 4.90 Å². The van der Waals surface area contributed by atoms with Crippen molar-refractivity contribution in [3.05, 3.63) is 30.3 Å². The van der Waals surface area contributed by atoms with Gasteiger partial charge in [0.15, 0.2) is 0 Å². The van der Waals surface area contributed by atoms with E-state index in [4.69, 9.17) is 0 Å². The molecule has 0 N–H and O–H groups in total. The molecule has 0 unspecified atom stereocenters. The van der Waals surface area contributed by atoms with Gasteiger partial charge in [-0.3, -0.25) is 9.59 Å². The van der Waals surface area contributed by atoms with Gasteiger partial charge in [0.25, 0.3) is 0 Å². The summed E-state index contributed by atoms with van der Waals surface area (Å²) < 4.78 is 0. The van der Waals surface area contributed by atoms with E-state index in [0.717, 1.165) is 32.6 Å². The standard InChI is InChI=1S/C19H27N3O2/c1-15(2)22-14-16(13-18(22)23)19(24)21-10-6-9-20(11-12-21)17-7-4-3-5-8-17/h3-5,7-8,15-16H,6,9-14H2,1-2H3/t16-/m1/s1. The van der Waals surface area contributed by atoms with Crippen molar-refractivity contribution < 1.29 is 9.59 Å². The summed E-state index contributed by atoms with van der Waals surface area (Å²) in [6.45, 7) is 7.94. The van der Waals surface area contributed by atoms with Crippen LogP contribution >= 0.6 is 0 Å². The molecule has 24 heavy (non-hydrogen) atoms. The molecule has 130 valence electrons. The third-order valence-electron chi connectivity index (χ3n) is 5.06. The van der Waals surface area contributed by atoms with Gasteiger partial charge < -0.3 is 14.7 Å². The zero-order valence-electron chi connectivity index (χ0n) is 14.6. The highest BCUT2D eigenvalue weighted by Crippen LogP contribution is 2.23. The topological polar surface area (TPSA) is 43.9 Å². The summed E-state index contributed by atoms with van der Waals surface area (Å²) in [5, 5.41) is 0. The Morgan fingerprint density at radius 1 is 1.08 bits per heavy atom. The molecule has 0 aromatic heterocycles. The van der Waals surface area contributed by atoms with Crippen LogP contribution in [0.25, 0.3) is 0 Å². The minimum absolute atomic E-state index is 0.115. The fraction of sp³-hybridized carbons (Fsp3) is 0.579. The molecular weight excluding hydrogens is 302 g/mol. The molecule has 2 amide bonds. The molecule has 0 saturated carbocycles. The zero-order chi connectivity index (χ0) is 17.1. The largest absolute Gasteiger partial charge is 0.370 e. The molecule has 2 fully saturated rings. The van der Waals surface area contributed by atoms with Crippen LogP contribution in [0.15, 0.2) is 30.3 Å². The van der Waals surface area contributed by atoms with Crippen LogP contribution in [0.3, 0.4) is 0 Å². The van der Waals surface area contributed by atoms with Crippen molar-refractivity contribution in [3.8, 4) is 0 Å². The zero-order valence-corrected chi connectivity index (χ0v) is 14.6. The maximum absolute atomic E-state index is 12.8. The summed E-state index contributed by atoms with van der Waals surface area (Å²) in [6, 6.07) is 10.5. The quantitative estimate of drug-likeness (QED) is 0.852. The first-order chi connectivity index (χ1) is 11.6. The molecule has 2 aliphatic rings. The first-order valence-corrected chi connectivity index (χ1v) is 8.94. The molecule has 0 aliphatic carbocycles. The molecule has 5 nitrogen and oxygen atoms in total. The van der Waals surface area contributed by atoms with E-state index in [1.807, 2.05) is 41.8 Å². The Hall–Kier alpha value is -2.04. The summed E-state index contributed by atoms with van der Waals surface area (Å²) in [5.74, 6) is 0.105. The highest BCUT2D eigenvalue weighted by atomic mass is 16.2. The highest BCUT2D eigenvalue weighted by Gasteiger charge is 2.37. The third-order valence-corrected chi connectivity index (χ3v) is 5.06. The van der Waals surface area contributed by atoms with Crippen LogP contribution in [-0.2, 0) is 9.59 Å². The predicted octanol–water partition coefficient (Wildman–Crippen LogP) is 1.98. The van der Waals surface area contributed by atoms with Crippen molar-refractivity contribution in [2.75, 3.05) is 37.6 Å². The molecule has 0 bridgehead atoms. The predicted molar refractivity (Wildman–Crippen MR) is 94.8 cm³/mol. The monoisotopic (exact) mass is 329 g/mol. The van der Waals surface area contributed by atoms with E-state index in [1.165, 1.54) is 5.69 Å². The Balaban J connectivity index is 1.60. The number of rotatable bonds is 3. The number of nitrogens with zero attached hydrogens (tertiary/aromatic N) is 3. The molecule has 0 radical (unpaired) electrons. The van der Waals surface area contributed by atoms with Gasteiger partial charge in [0.2, 0.25) is 11.8 Å². The first-order valence-electron chi connectivity index (χ1n) is 8.94. The molecular formula is C19H27N3O2. The summed E-state index contributed by atoms with van der Waals surface area (Å²) >= 11 is 0. The van der Waals surface area contributed by atoms with Crippen LogP contribution in [0, 0.1) is 5.92 Å². The van der Waals surface area contributed by atoms with Crippen molar-refractivity contribution in [1.29, 1.82) is 0 Å². The Morgan fingerprint density at radius 3 is 2.50 bits per heavy atom. The number of amides is 2. The Bertz CT molecular complexity index is 588. The number of carbonyl (C=O) groups excluding carboxylic acids is 2. The lowest BCUT2D eigenvalue weighted by Crippen LogP contribution is -2.40. The third kappa shape index (κ3) is 3.55. The molecule has 5 heteroatoms. The SMILES string of the molecule is CC(C)N1C[C@H](C(=O)N2CCCN(c3ccccc3)CC2)CC1=O. The van der Waals surface area contributed by atoms with Gasteiger partial charge in [-0.05, 0) is 32.4 Å². The minimum Gasteiger partial charge on any atom is -0.370 e. The van der Waals surface area contributed by atoms with E-state index in [0.29, 0.717) is 13.0 Å². The van der Waals surface area contributed by atoms with Crippen LogP contribution in [0.5, 0.6) is 0 Å². The van der Waals surface area contributed by atoms with Crippen molar-refractivity contribution in [1.82, 2.24) is 9.80 Å². The fourth-order valence-electron chi connectivity index (χ4n) is 3.69. The normalized spacial score (nSPS) is 22.2. The van der Waals surface area contributed by atoms with Gasteiger partial charge in [0.05, 0.1) is 5.92 Å². The van der Waals surface area contributed by atoms with Crippen LogP contribution in [-0.4, -0.2) is 60.4 Å². The van der Waals surface area contributed by atoms with E-state index >= 15 is 0 Å². The average Bonchev–Trinajstić information content (AvgIpc) is 2.82.